The number of aromatic nitrogens is 1. The van der Waals surface area contributed by atoms with Crippen molar-refractivity contribution in [2.45, 2.75) is 0 Å². The number of hydrogen-bond donors (Lipinski definition) is 1. The summed E-state index contributed by atoms with van der Waals surface area (Å²) in [4.78, 5) is 27.0. The first-order chi connectivity index (χ1) is 12.1. The number of methoxy groups -OCH3 is 1. The third kappa shape index (κ3) is 3.70. The Morgan fingerprint density at radius 1 is 1.24 bits per heavy atom. The van der Waals surface area contributed by atoms with E-state index in [0.717, 1.165) is 0 Å². The van der Waals surface area contributed by atoms with E-state index in [2.05, 4.69) is 15.0 Å². The summed E-state index contributed by atoms with van der Waals surface area (Å²) in [6, 6.07) is 11.6. The summed E-state index contributed by atoms with van der Waals surface area (Å²) in [7, 11) is 1.32. The quantitative estimate of drug-likeness (QED) is 0.424. The van der Waals surface area contributed by atoms with E-state index in [1.807, 2.05) is 0 Å². The standard InChI is InChI=1S/C18H13ClN2O4/c1-24-18(23)11-2-5-14(6-3-11)20-9-12(10-22)17-21-15-8-13(19)4-7-16(15)25-17/h2-10,20H,1H3. The smallest absolute Gasteiger partial charge is 0.337 e. The number of hydrogen-bond acceptors (Lipinski definition) is 6. The number of carbonyl (C=O) groups is 2. The Hall–Kier alpha value is -3.12. The molecule has 25 heavy (non-hydrogen) atoms. The number of aldehydes is 1. The van der Waals surface area contributed by atoms with Gasteiger partial charge in [-0.15, -0.1) is 0 Å². The molecule has 0 aliphatic heterocycles. The predicted molar refractivity (Wildman–Crippen MR) is 94.5 cm³/mol. The molecule has 0 saturated heterocycles. The van der Waals surface area contributed by atoms with Gasteiger partial charge in [0.2, 0.25) is 5.89 Å². The van der Waals surface area contributed by atoms with Gasteiger partial charge in [-0.05, 0) is 42.5 Å². The van der Waals surface area contributed by atoms with Crippen LogP contribution in [0.1, 0.15) is 16.2 Å². The summed E-state index contributed by atoms with van der Waals surface area (Å²) >= 11 is 5.92. The summed E-state index contributed by atoms with van der Waals surface area (Å²) in [5.41, 5.74) is 2.46. The van der Waals surface area contributed by atoms with Crippen LogP contribution in [-0.2, 0) is 9.53 Å². The van der Waals surface area contributed by atoms with Gasteiger partial charge in [0.25, 0.3) is 0 Å². The van der Waals surface area contributed by atoms with E-state index in [9.17, 15) is 9.59 Å². The van der Waals surface area contributed by atoms with Crippen molar-refractivity contribution in [1.82, 2.24) is 4.98 Å². The van der Waals surface area contributed by atoms with Crippen LogP contribution in [0, 0.1) is 0 Å². The van der Waals surface area contributed by atoms with Crippen LogP contribution >= 0.6 is 11.6 Å². The van der Waals surface area contributed by atoms with Crippen molar-refractivity contribution in [2.75, 3.05) is 12.4 Å². The van der Waals surface area contributed by atoms with Gasteiger partial charge in [-0.1, -0.05) is 11.6 Å². The van der Waals surface area contributed by atoms with E-state index in [1.165, 1.54) is 13.3 Å². The Kier molecular flexibility index (Phi) is 4.81. The maximum absolute atomic E-state index is 11.4. The van der Waals surface area contributed by atoms with Gasteiger partial charge in [-0.2, -0.15) is 0 Å². The first-order valence-electron chi connectivity index (χ1n) is 7.27. The number of carbonyl (C=O) groups excluding carboxylic acids is 2. The van der Waals surface area contributed by atoms with E-state index < -0.39 is 5.97 Å². The molecule has 0 saturated carbocycles. The summed E-state index contributed by atoms with van der Waals surface area (Å²) < 4.78 is 10.2. The third-order valence-electron chi connectivity index (χ3n) is 3.42. The van der Waals surface area contributed by atoms with Gasteiger partial charge in [0.15, 0.2) is 11.9 Å². The maximum Gasteiger partial charge on any atom is 0.337 e. The predicted octanol–water partition coefficient (Wildman–Crippen LogP) is 3.92. The van der Waals surface area contributed by atoms with E-state index >= 15 is 0 Å². The number of nitrogens with zero attached hydrogens (tertiary/aromatic N) is 1. The highest BCUT2D eigenvalue weighted by Gasteiger charge is 2.11. The third-order valence-corrected chi connectivity index (χ3v) is 3.66. The van der Waals surface area contributed by atoms with Gasteiger partial charge in [0.05, 0.1) is 18.2 Å². The van der Waals surface area contributed by atoms with Crippen molar-refractivity contribution in [3.63, 3.8) is 0 Å². The topological polar surface area (TPSA) is 81.4 Å². The lowest BCUT2D eigenvalue weighted by Crippen LogP contribution is -2.01. The first kappa shape index (κ1) is 16.7. The average molecular weight is 357 g/mol. The molecule has 6 nitrogen and oxygen atoms in total. The summed E-state index contributed by atoms with van der Waals surface area (Å²) in [5.74, 6) is -0.230. The minimum atomic E-state index is -0.416. The van der Waals surface area contributed by atoms with Crippen LogP contribution in [0.3, 0.4) is 0 Å². The molecule has 0 radical (unpaired) electrons. The minimum absolute atomic E-state index is 0.186. The van der Waals surface area contributed by atoms with Gasteiger partial charge in [0.1, 0.15) is 5.52 Å². The Morgan fingerprint density at radius 3 is 2.68 bits per heavy atom. The molecule has 3 rings (SSSR count). The molecule has 1 heterocycles. The highest BCUT2D eigenvalue weighted by Crippen LogP contribution is 2.23. The molecular weight excluding hydrogens is 344 g/mol. The van der Waals surface area contributed by atoms with Crippen molar-refractivity contribution in [2.24, 2.45) is 0 Å². The van der Waals surface area contributed by atoms with Crippen LogP contribution in [0.15, 0.2) is 53.1 Å². The number of esters is 1. The van der Waals surface area contributed by atoms with E-state index in [-0.39, 0.29) is 11.5 Å². The Labute approximate surface area is 148 Å². The lowest BCUT2D eigenvalue weighted by molar-refractivity contribution is -0.103. The van der Waals surface area contributed by atoms with Gasteiger partial charge in [0, 0.05) is 16.9 Å². The van der Waals surface area contributed by atoms with Crippen LogP contribution in [0.5, 0.6) is 0 Å². The summed E-state index contributed by atoms with van der Waals surface area (Å²) in [6.45, 7) is 0. The molecule has 0 unspecified atom stereocenters. The van der Waals surface area contributed by atoms with Crippen LogP contribution < -0.4 is 5.32 Å². The molecule has 0 bridgehead atoms. The summed E-state index contributed by atoms with van der Waals surface area (Å²) in [5, 5.41) is 3.50. The number of halogens is 1. The van der Waals surface area contributed by atoms with Crippen molar-refractivity contribution in [3.05, 3.63) is 65.1 Å². The van der Waals surface area contributed by atoms with Gasteiger partial charge in [-0.3, -0.25) is 4.79 Å². The molecule has 0 aliphatic carbocycles. The number of rotatable bonds is 5. The fourth-order valence-electron chi connectivity index (χ4n) is 2.15. The lowest BCUT2D eigenvalue weighted by Gasteiger charge is -2.03. The normalized spacial score (nSPS) is 11.4. The maximum atomic E-state index is 11.4. The molecule has 3 aromatic rings. The lowest BCUT2D eigenvalue weighted by atomic mass is 10.2. The van der Waals surface area contributed by atoms with Gasteiger partial charge < -0.3 is 14.5 Å². The summed E-state index contributed by atoms with van der Waals surface area (Å²) in [6.07, 6.45) is 2.12. The number of benzene rings is 2. The fraction of sp³-hybridized carbons (Fsp3) is 0.0556. The number of oxazole rings is 1. The van der Waals surface area contributed by atoms with Crippen molar-refractivity contribution >= 4 is 46.2 Å². The van der Waals surface area contributed by atoms with Crippen LogP contribution in [0.4, 0.5) is 5.69 Å². The fourth-order valence-corrected chi connectivity index (χ4v) is 2.32. The number of fused-ring (bicyclic) bond motifs is 1. The van der Waals surface area contributed by atoms with Crippen LogP contribution in [0.2, 0.25) is 5.02 Å². The van der Waals surface area contributed by atoms with Crippen LogP contribution in [0.25, 0.3) is 16.7 Å². The Bertz CT molecular complexity index is 961. The molecule has 1 aromatic heterocycles. The second-order valence-corrected chi connectivity index (χ2v) is 5.50. The van der Waals surface area contributed by atoms with E-state index in [0.29, 0.717) is 33.7 Å². The zero-order valence-corrected chi connectivity index (χ0v) is 13.9. The Morgan fingerprint density at radius 2 is 2.00 bits per heavy atom. The van der Waals surface area contributed by atoms with E-state index in [1.54, 1.807) is 42.5 Å². The van der Waals surface area contributed by atoms with Crippen molar-refractivity contribution in [3.8, 4) is 0 Å². The zero-order valence-electron chi connectivity index (χ0n) is 13.2. The second-order valence-electron chi connectivity index (χ2n) is 5.06. The SMILES string of the molecule is COC(=O)c1ccc(NC=C(C=O)c2nc3cc(Cl)ccc3o2)cc1. The largest absolute Gasteiger partial charge is 0.465 e. The molecule has 0 aliphatic rings. The number of nitrogens with one attached hydrogen (secondary N) is 1. The molecule has 0 spiro atoms. The van der Waals surface area contributed by atoms with Crippen LogP contribution in [-0.4, -0.2) is 24.3 Å². The highest BCUT2D eigenvalue weighted by atomic mass is 35.5. The van der Waals surface area contributed by atoms with Gasteiger partial charge in [-0.25, -0.2) is 9.78 Å². The molecule has 7 heteroatoms. The molecular formula is C18H13ClN2O4. The van der Waals surface area contributed by atoms with Gasteiger partial charge >= 0.3 is 5.97 Å². The van der Waals surface area contributed by atoms with Crippen molar-refractivity contribution < 1.29 is 18.7 Å². The molecule has 0 fully saturated rings. The molecule has 2 aromatic carbocycles. The molecule has 1 N–H and O–H groups in total. The number of anilines is 1. The molecule has 126 valence electrons. The minimum Gasteiger partial charge on any atom is -0.465 e. The van der Waals surface area contributed by atoms with E-state index in [4.69, 9.17) is 16.0 Å². The zero-order chi connectivity index (χ0) is 17.8. The monoisotopic (exact) mass is 356 g/mol. The number of allylic oxidation sites excluding steroid dienone is 1. The second kappa shape index (κ2) is 7.19. The average Bonchev–Trinajstić information content (AvgIpc) is 3.05. The number of ether oxygens (including phenoxy) is 1. The Balaban J connectivity index is 1.82. The van der Waals surface area contributed by atoms with Crippen molar-refractivity contribution in [1.29, 1.82) is 0 Å². The molecule has 0 amide bonds. The first-order valence-corrected chi connectivity index (χ1v) is 7.65. The highest BCUT2D eigenvalue weighted by molar-refractivity contribution is 6.31. The molecule has 0 atom stereocenters.